The predicted octanol–water partition coefficient (Wildman–Crippen LogP) is 9.39. The third-order valence-corrected chi connectivity index (χ3v) is 10.8. The maximum absolute atomic E-state index is 14.0. The van der Waals surface area contributed by atoms with Gasteiger partial charge in [0.2, 0.25) is 0 Å². The zero-order valence-corrected chi connectivity index (χ0v) is 29.5. The van der Waals surface area contributed by atoms with E-state index in [-0.39, 0.29) is 36.1 Å². The second-order valence-electron chi connectivity index (χ2n) is 14.7. The van der Waals surface area contributed by atoms with Crippen LogP contribution in [0.25, 0.3) is 0 Å². The molecule has 4 aromatic rings. The standard InChI is InChI=1S/C22H26FNO2.C21H24FNO2/c1-14-2-4-16(23)13-20(14)22-10-3-15-12-19(9-11-21(15)26-22)25-18-7-5-17(24)6-8-18;22-19-4-2-1-3-18(19)21-11-5-14-13-17(10-12-20(14)25-21)24-16-8-6-15(23)7-9-16/h2,4,9,11-13,17-18,22H,3,5-8,10,24H2,1H3;1-4,10,12-13,15-16,21H,5-9,11,23H2. The molecule has 0 radical (unpaired) electrons. The van der Waals surface area contributed by atoms with Crippen molar-refractivity contribution in [3.8, 4) is 23.0 Å². The molecule has 2 saturated carbocycles. The Bertz CT molecular complexity index is 1780. The van der Waals surface area contributed by atoms with Crippen LogP contribution in [0.5, 0.6) is 23.0 Å². The molecule has 2 atom stereocenters. The van der Waals surface area contributed by atoms with Crippen molar-refractivity contribution in [2.45, 2.75) is 120 Å². The van der Waals surface area contributed by atoms with Crippen LogP contribution >= 0.6 is 0 Å². The highest BCUT2D eigenvalue weighted by molar-refractivity contribution is 5.44. The first-order valence-electron chi connectivity index (χ1n) is 18.7. The molecular formula is C43H50F2N2O4. The van der Waals surface area contributed by atoms with E-state index in [4.69, 9.17) is 30.4 Å². The summed E-state index contributed by atoms with van der Waals surface area (Å²) in [5.74, 6) is 3.10. The quantitative estimate of drug-likeness (QED) is 0.209. The van der Waals surface area contributed by atoms with Crippen LogP contribution in [0.15, 0.2) is 78.9 Å². The summed E-state index contributed by atoms with van der Waals surface area (Å²) in [5.41, 5.74) is 16.9. The van der Waals surface area contributed by atoms with Crippen molar-refractivity contribution in [2.75, 3.05) is 0 Å². The molecule has 2 heterocycles. The number of hydrogen-bond donors (Lipinski definition) is 2. The Balaban J connectivity index is 0.000000159. The van der Waals surface area contributed by atoms with Crippen LogP contribution in [-0.4, -0.2) is 24.3 Å². The van der Waals surface area contributed by atoms with Gasteiger partial charge < -0.3 is 30.4 Å². The van der Waals surface area contributed by atoms with Gasteiger partial charge in [-0.2, -0.15) is 0 Å². The lowest BCUT2D eigenvalue weighted by Gasteiger charge is -2.29. The summed E-state index contributed by atoms with van der Waals surface area (Å²) in [7, 11) is 0. The molecule has 2 unspecified atom stereocenters. The van der Waals surface area contributed by atoms with Gasteiger partial charge in [0.05, 0.1) is 12.2 Å². The average molecular weight is 697 g/mol. The molecule has 0 aromatic heterocycles. The van der Waals surface area contributed by atoms with Crippen molar-refractivity contribution in [2.24, 2.45) is 11.5 Å². The Hall–Kier alpha value is -4.14. The third-order valence-electron chi connectivity index (χ3n) is 10.8. The van der Waals surface area contributed by atoms with Gasteiger partial charge in [-0.15, -0.1) is 0 Å². The fourth-order valence-electron chi connectivity index (χ4n) is 7.81. The molecule has 270 valence electrons. The fraction of sp³-hybridized carbons (Fsp3) is 0.442. The van der Waals surface area contributed by atoms with Gasteiger partial charge >= 0.3 is 0 Å². The monoisotopic (exact) mass is 696 g/mol. The highest BCUT2D eigenvalue weighted by Gasteiger charge is 2.27. The van der Waals surface area contributed by atoms with Crippen molar-refractivity contribution in [1.82, 2.24) is 0 Å². The molecule has 8 heteroatoms. The number of rotatable bonds is 6. The minimum absolute atomic E-state index is 0.0928. The van der Waals surface area contributed by atoms with Gasteiger partial charge in [-0.3, -0.25) is 0 Å². The third kappa shape index (κ3) is 8.85. The average Bonchev–Trinajstić information content (AvgIpc) is 3.14. The van der Waals surface area contributed by atoms with E-state index in [0.29, 0.717) is 17.6 Å². The SMILES string of the molecule is Cc1ccc(F)cc1C1CCc2cc(OC3CCC(N)CC3)ccc2O1.NC1CCC(Oc2ccc3c(c2)CCC(c2ccccc2F)O3)CC1. The lowest BCUT2D eigenvalue weighted by molar-refractivity contribution is 0.145. The number of nitrogens with two attached hydrogens (primary N) is 2. The van der Waals surface area contributed by atoms with Crippen LogP contribution in [0.3, 0.4) is 0 Å². The zero-order chi connectivity index (χ0) is 35.3. The number of ether oxygens (including phenoxy) is 4. The number of halogens is 2. The molecule has 0 spiro atoms. The Morgan fingerprint density at radius 1 is 0.569 bits per heavy atom. The van der Waals surface area contributed by atoms with E-state index in [0.717, 1.165) is 117 Å². The van der Waals surface area contributed by atoms with E-state index in [1.807, 2.05) is 43.3 Å². The highest BCUT2D eigenvalue weighted by Crippen LogP contribution is 2.40. The molecule has 2 fully saturated rings. The summed E-state index contributed by atoms with van der Waals surface area (Å²) in [5, 5.41) is 0. The van der Waals surface area contributed by atoms with Crippen LogP contribution < -0.4 is 30.4 Å². The highest BCUT2D eigenvalue weighted by atomic mass is 19.1. The van der Waals surface area contributed by atoms with Gasteiger partial charge in [-0.25, -0.2) is 8.78 Å². The first kappa shape index (κ1) is 35.3. The molecule has 0 bridgehead atoms. The van der Waals surface area contributed by atoms with Gasteiger partial charge in [-0.1, -0.05) is 24.3 Å². The molecule has 4 aromatic carbocycles. The summed E-state index contributed by atoms with van der Waals surface area (Å²) in [6, 6.07) is 24.4. The summed E-state index contributed by atoms with van der Waals surface area (Å²) in [6.45, 7) is 2.00. The number of benzene rings is 4. The molecule has 0 saturated heterocycles. The van der Waals surface area contributed by atoms with Crippen LogP contribution in [0.2, 0.25) is 0 Å². The van der Waals surface area contributed by atoms with Crippen molar-refractivity contribution in [3.63, 3.8) is 0 Å². The van der Waals surface area contributed by atoms with Gasteiger partial charge in [-0.05, 0) is 161 Å². The normalized spacial score (nSPS) is 25.5. The molecule has 2 aliphatic carbocycles. The molecule has 6 nitrogen and oxygen atoms in total. The smallest absolute Gasteiger partial charge is 0.130 e. The Morgan fingerprint density at radius 2 is 1.08 bits per heavy atom. The summed E-state index contributed by atoms with van der Waals surface area (Å²) in [6.07, 6.45) is 11.8. The van der Waals surface area contributed by atoms with Crippen LogP contribution in [-0.2, 0) is 12.8 Å². The lowest BCUT2D eigenvalue weighted by atomic mass is 9.93. The first-order chi connectivity index (χ1) is 24.8. The molecular weight excluding hydrogens is 646 g/mol. The molecule has 4 aliphatic rings. The van der Waals surface area contributed by atoms with Crippen LogP contribution in [0.4, 0.5) is 8.78 Å². The summed E-state index contributed by atoms with van der Waals surface area (Å²) in [4.78, 5) is 0. The van der Waals surface area contributed by atoms with E-state index in [1.54, 1.807) is 18.2 Å². The van der Waals surface area contributed by atoms with Crippen LogP contribution in [0.1, 0.15) is 104 Å². The van der Waals surface area contributed by atoms with Crippen molar-refractivity contribution < 1.29 is 27.7 Å². The number of hydrogen-bond acceptors (Lipinski definition) is 6. The second kappa shape index (κ2) is 16.0. The minimum Gasteiger partial charge on any atom is -0.490 e. The van der Waals surface area contributed by atoms with Crippen LogP contribution in [0, 0.1) is 18.6 Å². The maximum Gasteiger partial charge on any atom is 0.130 e. The Labute approximate surface area is 300 Å². The minimum atomic E-state index is -0.222. The lowest BCUT2D eigenvalue weighted by Crippen LogP contribution is -2.31. The Kier molecular flexibility index (Phi) is 11.1. The van der Waals surface area contributed by atoms with E-state index in [2.05, 4.69) is 12.1 Å². The number of aryl methyl sites for hydroxylation is 3. The first-order valence-corrected chi connectivity index (χ1v) is 18.7. The van der Waals surface area contributed by atoms with Crippen molar-refractivity contribution in [3.05, 3.63) is 118 Å². The molecule has 0 amide bonds. The van der Waals surface area contributed by atoms with Crippen molar-refractivity contribution >= 4 is 0 Å². The van der Waals surface area contributed by atoms with E-state index < -0.39 is 0 Å². The largest absolute Gasteiger partial charge is 0.490 e. The van der Waals surface area contributed by atoms with E-state index in [1.165, 1.54) is 17.7 Å². The number of fused-ring (bicyclic) bond motifs is 2. The fourth-order valence-corrected chi connectivity index (χ4v) is 7.81. The van der Waals surface area contributed by atoms with E-state index >= 15 is 0 Å². The maximum atomic E-state index is 14.0. The van der Waals surface area contributed by atoms with E-state index in [9.17, 15) is 8.78 Å². The van der Waals surface area contributed by atoms with Gasteiger partial charge in [0.1, 0.15) is 46.8 Å². The van der Waals surface area contributed by atoms with Crippen molar-refractivity contribution in [1.29, 1.82) is 0 Å². The molecule has 2 aliphatic heterocycles. The molecule has 4 N–H and O–H groups in total. The summed E-state index contributed by atoms with van der Waals surface area (Å²) < 4.78 is 52.1. The summed E-state index contributed by atoms with van der Waals surface area (Å²) >= 11 is 0. The Morgan fingerprint density at radius 3 is 1.61 bits per heavy atom. The topological polar surface area (TPSA) is 89.0 Å². The second-order valence-corrected chi connectivity index (χ2v) is 14.7. The van der Waals surface area contributed by atoms with Gasteiger partial charge in [0.25, 0.3) is 0 Å². The van der Waals surface area contributed by atoms with Gasteiger partial charge in [0, 0.05) is 17.6 Å². The molecule has 51 heavy (non-hydrogen) atoms. The molecule has 8 rings (SSSR count). The van der Waals surface area contributed by atoms with Gasteiger partial charge in [0.15, 0.2) is 0 Å². The predicted molar refractivity (Wildman–Crippen MR) is 196 cm³/mol. The zero-order valence-electron chi connectivity index (χ0n) is 29.5.